The van der Waals surface area contributed by atoms with Crippen LogP contribution in [-0.2, 0) is 9.53 Å². The Kier molecular flexibility index (Phi) is 7.00. The van der Waals surface area contributed by atoms with Gasteiger partial charge in [0.1, 0.15) is 23.2 Å². The minimum absolute atomic E-state index is 0.0638. The van der Waals surface area contributed by atoms with Crippen molar-refractivity contribution >= 4 is 12.0 Å². The van der Waals surface area contributed by atoms with Crippen molar-refractivity contribution < 1.29 is 39.8 Å². The summed E-state index contributed by atoms with van der Waals surface area (Å²) in [5.41, 5.74) is -0.303. The van der Waals surface area contributed by atoms with Gasteiger partial charge in [-0.1, -0.05) is 42.5 Å². The number of carbonyl (C=O) groups is 1. The van der Waals surface area contributed by atoms with E-state index in [0.29, 0.717) is 0 Å². The Morgan fingerprint density at radius 2 is 1.78 bits per heavy atom. The van der Waals surface area contributed by atoms with Gasteiger partial charge in [0.15, 0.2) is 18.5 Å². The monoisotopic (exact) mass is 442 g/mol. The first-order valence-electron chi connectivity index (χ1n) is 9.96. The third kappa shape index (κ3) is 5.00. The van der Waals surface area contributed by atoms with Crippen LogP contribution in [0.25, 0.3) is 6.08 Å². The van der Waals surface area contributed by atoms with Gasteiger partial charge >= 0.3 is 5.97 Å². The number of benzene rings is 2. The fourth-order valence-electron chi connectivity index (χ4n) is 3.37. The fourth-order valence-corrected chi connectivity index (χ4v) is 3.37. The second-order valence-corrected chi connectivity index (χ2v) is 7.78. The largest absolute Gasteiger partial charge is 0.508 e. The van der Waals surface area contributed by atoms with Gasteiger partial charge in [-0.2, -0.15) is 0 Å². The molecule has 2 aromatic rings. The van der Waals surface area contributed by atoms with Crippen LogP contribution >= 0.6 is 0 Å². The third-order valence-corrected chi connectivity index (χ3v) is 5.41. The summed E-state index contributed by atoms with van der Waals surface area (Å²) in [5.74, 6) is -1.06. The quantitative estimate of drug-likeness (QED) is 0.411. The summed E-state index contributed by atoms with van der Waals surface area (Å²) in [4.78, 5) is 11.5. The van der Waals surface area contributed by atoms with E-state index in [4.69, 9.17) is 9.47 Å². The summed E-state index contributed by atoms with van der Waals surface area (Å²) in [7, 11) is 0. The summed E-state index contributed by atoms with van der Waals surface area (Å²) in [6.45, 7) is 4.97. The van der Waals surface area contributed by atoms with Gasteiger partial charge in [-0.25, -0.2) is 4.79 Å². The number of aliphatic hydroxyl groups is 3. The summed E-state index contributed by atoms with van der Waals surface area (Å²) < 4.78 is 10.6. The van der Waals surface area contributed by atoms with Crippen molar-refractivity contribution in [3.05, 3.63) is 78.4 Å². The molecule has 8 nitrogen and oxygen atoms in total. The molecule has 0 saturated carbocycles. The van der Waals surface area contributed by atoms with Crippen LogP contribution in [0.4, 0.5) is 0 Å². The zero-order chi connectivity index (χ0) is 23.5. The van der Waals surface area contributed by atoms with E-state index in [1.165, 1.54) is 0 Å². The smallest absolute Gasteiger partial charge is 0.336 e. The maximum absolute atomic E-state index is 11.5. The van der Waals surface area contributed by atoms with E-state index in [1.54, 1.807) is 42.5 Å². The number of rotatable bonds is 7. The highest BCUT2D eigenvalue weighted by Crippen LogP contribution is 2.31. The number of carboxylic acids is 1. The van der Waals surface area contributed by atoms with E-state index in [2.05, 4.69) is 6.58 Å². The number of aromatic hydroxyl groups is 1. The second kappa shape index (κ2) is 9.54. The highest BCUT2D eigenvalue weighted by atomic mass is 16.7. The predicted molar refractivity (Wildman–Crippen MR) is 116 cm³/mol. The molecule has 6 unspecified atom stereocenters. The number of hydrogen-bond donors (Lipinski definition) is 5. The van der Waals surface area contributed by atoms with Crippen molar-refractivity contribution in [2.75, 3.05) is 0 Å². The van der Waals surface area contributed by atoms with Crippen LogP contribution in [0.3, 0.4) is 0 Å². The summed E-state index contributed by atoms with van der Waals surface area (Å²) in [6.07, 6.45) is -1.10. The summed E-state index contributed by atoms with van der Waals surface area (Å²) >= 11 is 0. The van der Waals surface area contributed by atoms with Crippen LogP contribution in [-0.4, -0.2) is 61.7 Å². The van der Waals surface area contributed by atoms with Crippen LogP contribution in [0.2, 0.25) is 0 Å². The number of ether oxygens (including phenoxy) is 2. The first-order chi connectivity index (χ1) is 15.1. The molecule has 5 N–H and O–H groups in total. The Labute approximate surface area is 185 Å². The van der Waals surface area contributed by atoms with Crippen molar-refractivity contribution in [3.8, 4) is 11.5 Å². The molecule has 3 rings (SSSR count). The molecule has 32 heavy (non-hydrogen) atoms. The maximum atomic E-state index is 11.5. The van der Waals surface area contributed by atoms with Gasteiger partial charge in [0.2, 0.25) is 0 Å². The highest BCUT2D eigenvalue weighted by Gasteiger charge is 2.55. The van der Waals surface area contributed by atoms with Crippen molar-refractivity contribution in [1.29, 1.82) is 0 Å². The molecule has 0 amide bonds. The Hall–Kier alpha value is -3.17. The number of aliphatic carboxylic acids is 1. The zero-order valence-corrected chi connectivity index (χ0v) is 17.4. The fraction of sp³-hybridized carbons (Fsp3) is 0.292. The second-order valence-electron chi connectivity index (χ2n) is 7.78. The average molecular weight is 442 g/mol. The van der Waals surface area contributed by atoms with Crippen molar-refractivity contribution in [2.45, 2.75) is 43.0 Å². The van der Waals surface area contributed by atoms with Crippen molar-refractivity contribution in [3.63, 3.8) is 0 Å². The molecular weight excluding hydrogens is 416 g/mol. The van der Waals surface area contributed by atoms with Crippen molar-refractivity contribution in [2.24, 2.45) is 0 Å². The van der Waals surface area contributed by atoms with Gasteiger partial charge in [0.25, 0.3) is 0 Å². The minimum atomic E-state index is -2.10. The van der Waals surface area contributed by atoms with Crippen LogP contribution in [0.15, 0.2) is 67.3 Å². The molecule has 1 saturated heterocycles. The molecule has 1 aliphatic rings. The van der Waals surface area contributed by atoms with Gasteiger partial charge in [-0.05, 0) is 42.3 Å². The first kappa shape index (κ1) is 23.5. The molecule has 0 bridgehead atoms. The lowest BCUT2D eigenvalue weighted by Crippen LogP contribution is -2.67. The average Bonchev–Trinajstić information content (AvgIpc) is 2.76. The number of allylic oxidation sites excluding steroid dienone is 2. The van der Waals surface area contributed by atoms with Crippen LogP contribution in [0.5, 0.6) is 11.5 Å². The molecule has 0 aromatic heterocycles. The molecule has 0 aliphatic carbocycles. The highest BCUT2D eigenvalue weighted by molar-refractivity contribution is 5.73. The molecule has 6 atom stereocenters. The predicted octanol–water partition coefficient (Wildman–Crippen LogP) is 2.04. The van der Waals surface area contributed by atoms with E-state index in [0.717, 1.165) is 18.1 Å². The number of phenolic OH excluding ortho intramolecular Hbond substituents is 1. The van der Waals surface area contributed by atoms with Crippen LogP contribution in [0.1, 0.15) is 24.0 Å². The van der Waals surface area contributed by atoms with Gasteiger partial charge in [0.05, 0.1) is 0 Å². The van der Waals surface area contributed by atoms with Crippen LogP contribution < -0.4 is 4.74 Å². The van der Waals surface area contributed by atoms with E-state index < -0.39 is 36.2 Å². The number of hydrogen-bond acceptors (Lipinski definition) is 7. The van der Waals surface area contributed by atoms with E-state index in [9.17, 15) is 30.3 Å². The minimum Gasteiger partial charge on any atom is -0.508 e. The first-order valence-corrected chi connectivity index (χ1v) is 9.96. The topological polar surface area (TPSA) is 137 Å². The normalized spacial score (nSPS) is 28.9. The Morgan fingerprint density at radius 3 is 2.34 bits per heavy atom. The molecule has 1 fully saturated rings. The summed E-state index contributed by atoms with van der Waals surface area (Å²) in [6, 6.07) is 13.5. The molecule has 170 valence electrons. The van der Waals surface area contributed by atoms with Gasteiger partial charge < -0.3 is 35.0 Å². The Balaban J connectivity index is 1.73. The molecule has 8 heteroatoms. The molecule has 0 radical (unpaired) electrons. The lowest BCUT2D eigenvalue weighted by atomic mass is 9.88. The maximum Gasteiger partial charge on any atom is 0.336 e. The zero-order valence-electron chi connectivity index (χ0n) is 17.4. The molecule has 1 aliphatic heterocycles. The van der Waals surface area contributed by atoms with E-state index in [-0.39, 0.29) is 17.4 Å². The molecule has 2 aromatic carbocycles. The molecule has 0 spiro atoms. The lowest BCUT2D eigenvalue weighted by molar-refractivity contribution is -0.312. The van der Waals surface area contributed by atoms with E-state index >= 15 is 0 Å². The Morgan fingerprint density at radius 1 is 1.16 bits per heavy atom. The van der Waals surface area contributed by atoms with E-state index in [1.807, 2.05) is 24.3 Å². The SMILES string of the molecule is C=CC(C=Cc1ccc(OC2C(C(=O)O)OC(O)C(C)(O)C2O)cc1)c1ccc(O)cc1. The number of aliphatic hydroxyl groups excluding tert-OH is 2. The summed E-state index contributed by atoms with van der Waals surface area (Å²) in [5, 5.41) is 49.2. The number of phenols is 1. The lowest BCUT2D eigenvalue weighted by Gasteiger charge is -2.44. The molecule has 1 heterocycles. The standard InChI is InChI=1S/C24H26O8/c1-3-15(16-8-10-17(25)11-9-16)7-4-14-5-12-18(13-6-14)31-19-20(22(27)28)32-23(29)24(2,30)21(19)26/h3-13,15,19-21,23,25-26,29-30H,1H2,2H3,(H,27,28). The van der Waals surface area contributed by atoms with Gasteiger partial charge in [-0.3, -0.25) is 0 Å². The Bertz CT molecular complexity index is 964. The molecular formula is C24H26O8. The van der Waals surface area contributed by atoms with Crippen LogP contribution in [0, 0.1) is 0 Å². The number of carboxylic acid groups (broad SMARTS) is 1. The van der Waals surface area contributed by atoms with Crippen molar-refractivity contribution in [1.82, 2.24) is 0 Å². The van der Waals surface area contributed by atoms with Gasteiger partial charge in [0, 0.05) is 5.92 Å². The van der Waals surface area contributed by atoms with Gasteiger partial charge in [-0.15, -0.1) is 6.58 Å². The third-order valence-electron chi connectivity index (χ3n) is 5.41.